The van der Waals surface area contributed by atoms with Crippen molar-refractivity contribution in [2.75, 3.05) is 0 Å². The minimum Gasteiger partial charge on any atom is -0.324 e. The van der Waals surface area contributed by atoms with Gasteiger partial charge in [0.25, 0.3) is 0 Å². The van der Waals surface area contributed by atoms with E-state index in [1.165, 1.54) is 6.07 Å². The van der Waals surface area contributed by atoms with Gasteiger partial charge in [-0.05, 0) is 37.5 Å². The van der Waals surface area contributed by atoms with Gasteiger partial charge in [0.15, 0.2) is 0 Å². The van der Waals surface area contributed by atoms with Crippen LogP contribution in [0.3, 0.4) is 0 Å². The Bertz CT molecular complexity index is 344. The monoisotopic (exact) mass is 193 g/mol. The Morgan fingerprint density at radius 1 is 1.57 bits per heavy atom. The van der Waals surface area contributed by atoms with Gasteiger partial charge in [-0.1, -0.05) is 17.7 Å². The zero-order valence-corrected chi connectivity index (χ0v) is 8.68. The highest BCUT2D eigenvalue weighted by molar-refractivity contribution is 5.27. The standard InChI is InChI=1S/C12H16FN/c1-8(2)6-12(14)10-4-5-11(13)9(3)7-10/h4-5,7,12H,1,6,14H2,2-3H3/t12-/m1/s1. The third-order valence-corrected chi connectivity index (χ3v) is 2.18. The first-order valence-electron chi connectivity index (χ1n) is 4.66. The second-order valence-electron chi connectivity index (χ2n) is 3.78. The lowest BCUT2D eigenvalue weighted by molar-refractivity contribution is 0.614. The van der Waals surface area contributed by atoms with Crippen LogP contribution in [-0.2, 0) is 0 Å². The summed E-state index contributed by atoms with van der Waals surface area (Å²) in [6.45, 7) is 7.49. The van der Waals surface area contributed by atoms with Crippen LogP contribution in [0.5, 0.6) is 0 Å². The van der Waals surface area contributed by atoms with Crippen LogP contribution >= 0.6 is 0 Å². The van der Waals surface area contributed by atoms with Crippen LogP contribution in [0.25, 0.3) is 0 Å². The molecule has 14 heavy (non-hydrogen) atoms. The molecule has 0 radical (unpaired) electrons. The summed E-state index contributed by atoms with van der Waals surface area (Å²) in [5, 5.41) is 0. The minimum atomic E-state index is -0.184. The molecule has 0 saturated heterocycles. The Morgan fingerprint density at radius 3 is 2.71 bits per heavy atom. The Morgan fingerprint density at radius 2 is 2.21 bits per heavy atom. The van der Waals surface area contributed by atoms with Crippen molar-refractivity contribution in [1.82, 2.24) is 0 Å². The Balaban J connectivity index is 2.85. The molecule has 1 rings (SSSR count). The summed E-state index contributed by atoms with van der Waals surface area (Å²) < 4.78 is 13.0. The van der Waals surface area contributed by atoms with Gasteiger partial charge in [-0.15, -0.1) is 6.58 Å². The molecule has 1 aromatic rings. The highest BCUT2D eigenvalue weighted by Gasteiger charge is 2.07. The summed E-state index contributed by atoms with van der Waals surface area (Å²) in [6.07, 6.45) is 0.741. The molecular formula is C12H16FN. The maximum atomic E-state index is 13.0. The first-order valence-corrected chi connectivity index (χ1v) is 4.66. The number of aryl methyl sites for hydroxylation is 1. The van der Waals surface area contributed by atoms with Gasteiger partial charge in [-0.25, -0.2) is 4.39 Å². The molecule has 1 atom stereocenters. The second kappa shape index (κ2) is 4.38. The van der Waals surface area contributed by atoms with E-state index in [0.717, 1.165) is 17.6 Å². The van der Waals surface area contributed by atoms with Crippen molar-refractivity contribution in [3.63, 3.8) is 0 Å². The number of hydrogen-bond acceptors (Lipinski definition) is 1. The molecule has 0 aromatic heterocycles. The molecule has 0 bridgehead atoms. The molecule has 0 saturated carbocycles. The summed E-state index contributed by atoms with van der Waals surface area (Å²) in [6, 6.07) is 4.91. The Labute approximate surface area is 84.4 Å². The van der Waals surface area contributed by atoms with Crippen LogP contribution in [0.15, 0.2) is 30.4 Å². The average molecular weight is 193 g/mol. The molecule has 2 N–H and O–H groups in total. The quantitative estimate of drug-likeness (QED) is 0.733. The summed E-state index contributed by atoms with van der Waals surface area (Å²) in [4.78, 5) is 0. The Hall–Kier alpha value is -1.15. The van der Waals surface area contributed by atoms with E-state index in [2.05, 4.69) is 6.58 Å². The largest absolute Gasteiger partial charge is 0.324 e. The van der Waals surface area contributed by atoms with Gasteiger partial charge < -0.3 is 5.73 Å². The van der Waals surface area contributed by atoms with Crippen molar-refractivity contribution in [2.45, 2.75) is 26.3 Å². The van der Waals surface area contributed by atoms with Gasteiger partial charge >= 0.3 is 0 Å². The van der Waals surface area contributed by atoms with Crippen LogP contribution in [-0.4, -0.2) is 0 Å². The summed E-state index contributed by atoms with van der Waals surface area (Å²) >= 11 is 0. The maximum Gasteiger partial charge on any atom is 0.126 e. The summed E-state index contributed by atoms with van der Waals surface area (Å²) in [5.41, 5.74) is 8.58. The van der Waals surface area contributed by atoms with E-state index < -0.39 is 0 Å². The second-order valence-corrected chi connectivity index (χ2v) is 3.78. The molecule has 0 amide bonds. The van der Waals surface area contributed by atoms with Crippen LogP contribution in [0, 0.1) is 12.7 Å². The SMILES string of the molecule is C=C(C)C[C@@H](N)c1ccc(F)c(C)c1. The zero-order chi connectivity index (χ0) is 10.7. The number of hydrogen-bond donors (Lipinski definition) is 1. The van der Waals surface area contributed by atoms with E-state index in [9.17, 15) is 4.39 Å². The van der Waals surface area contributed by atoms with E-state index in [4.69, 9.17) is 5.73 Å². The molecule has 1 nitrogen and oxygen atoms in total. The topological polar surface area (TPSA) is 26.0 Å². The normalized spacial score (nSPS) is 12.6. The van der Waals surface area contributed by atoms with Crippen molar-refractivity contribution in [1.29, 1.82) is 0 Å². The molecule has 0 fully saturated rings. The van der Waals surface area contributed by atoms with E-state index in [1.807, 2.05) is 6.92 Å². The molecule has 0 heterocycles. The van der Waals surface area contributed by atoms with Crippen molar-refractivity contribution < 1.29 is 4.39 Å². The van der Waals surface area contributed by atoms with Gasteiger partial charge in [-0.2, -0.15) is 0 Å². The maximum absolute atomic E-state index is 13.0. The number of nitrogens with two attached hydrogens (primary N) is 1. The molecule has 0 unspecified atom stereocenters. The fourth-order valence-electron chi connectivity index (χ4n) is 1.39. The van der Waals surface area contributed by atoms with E-state index in [0.29, 0.717) is 5.56 Å². The molecule has 0 spiro atoms. The van der Waals surface area contributed by atoms with E-state index in [-0.39, 0.29) is 11.9 Å². The van der Waals surface area contributed by atoms with Crippen LogP contribution in [0.4, 0.5) is 4.39 Å². The lowest BCUT2D eigenvalue weighted by Gasteiger charge is -2.12. The number of halogens is 1. The van der Waals surface area contributed by atoms with Crippen molar-refractivity contribution in [3.05, 3.63) is 47.3 Å². The number of benzene rings is 1. The van der Waals surface area contributed by atoms with Crippen molar-refractivity contribution >= 4 is 0 Å². The third kappa shape index (κ3) is 2.67. The Kier molecular flexibility index (Phi) is 3.42. The van der Waals surface area contributed by atoms with Crippen LogP contribution < -0.4 is 5.73 Å². The molecular weight excluding hydrogens is 177 g/mol. The number of rotatable bonds is 3. The van der Waals surface area contributed by atoms with E-state index in [1.54, 1.807) is 19.1 Å². The highest BCUT2D eigenvalue weighted by Crippen LogP contribution is 2.19. The lowest BCUT2D eigenvalue weighted by Crippen LogP contribution is -2.10. The zero-order valence-electron chi connectivity index (χ0n) is 8.68. The van der Waals surface area contributed by atoms with Gasteiger partial charge in [0.05, 0.1) is 0 Å². The summed E-state index contributed by atoms with van der Waals surface area (Å²) in [5.74, 6) is -0.184. The first-order chi connectivity index (χ1) is 6.50. The van der Waals surface area contributed by atoms with Crippen LogP contribution in [0.1, 0.15) is 30.5 Å². The molecule has 1 aromatic carbocycles. The van der Waals surface area contributed by atoms with E-state index >= 15 is 0 Å². The van der Waals surface area contributed by atoms with Crippen molar-refractivity contribution in [2.24, 2.45) is 5.73 Å². The van der Waals surface area contributed by atoms with Gasteiger partial charge in [-0.3, -0.25) is 0 Å². The minimum absolute atomic E-state index is 0.0770. The van der Waals surface area contributed by atoms with Gasteiger partial charge in [0.1, 0.15) is 5.82 Å². The molecule has 0 aliphatic heterocycles. The average Bonchev–Trinajstić information content (AvgIpc) is 2.08. The lowest BCUT2D eigenvalue weighted by atomic mass is 9.99. The van der Waals surface area contributed by atoms with Gasteiger partial charge in [0.2, 0.25) is 0 Å². The fraction of sp³-hybridized carbons (Fsp3) is 0.333. The predicted octanol–water partition coefficient (Wildman–Crippen LogP) is 3.10. The third-order valence-electron chi connectivity index (χ3n) is 2.18. The highest BCUT2D eigenvalue weighted by atomic mass is 19.1. The first kappa shape index (κ1) is 10.9. The molecule has 76 valence electrons. The van der Waals surface area contributed by atoms with Crippen LogP contribution in [0.2, 0.25) is 0 Å². The smallest absolute Gasteiger partial charge is 0.126 e. The van der Waals surface area contributed by atoms with Crippen molar-refractivity contribution in [3.8, 4) is 0 Å². The van der Waals surface area contributed by atoms with Gasteiger partial charge in [0, 0.05) is 6.04 Å². The molecule has 2 heteroatoms. The molecule has 0 aliphatic carbocycles. The summed E-state index contributed by atoms with van der Waals surface area (Å²) in [7, 11) is 0. The predicted molar refractivity (Wildman–Crippen MR) is 57.5 cm³/mol. The fourth-order valence-corrected chi connectivity index (χ4v) is 1.39. The molecule has 0 aliphatic rings.